The van der Waals surface area contributed by atoms with E-state index in [4.69, 9.17) is 0 Å². The monoisotopic (exact) mass is 199 g/mol. The lowest BCUT2D eigenvalue weighted by molar-refractivity contribution is -0.112. The molecule has 0 amide bonds. The van der Waals surface area contributed by atoms with Crippen molar-refractivity contribution in [2.24, 2.45) is 0 Å². The van der Waals surface area contributed by atoms with Gasteiger partial charge in [-0.3, -0.25) is 0 Å². The third kappa shape index (κ3) is 3.07. The summed E-state index contributed by atoms with van der Waals surface area (Å²) in [6, 6.07) is 0.536. The van der Waals surface area contributed by atoms with Crippen LogP contribution in [0.15, 0.2) is 0 Å². The fraction of sp³-hybridized carbons (Fsp3) is 0.909. The second kappa shape index (κ2) is 4.89. The van der Waals surface area contributed by atoms with Crippen LogP contribution in [0.5, 0.6) is 0 Å². The zero-order valence-electron chi connectivity index (χ0n) is 9.20. The second-order valence-corrected chi connectivity index (χ2v) is 4.58. The maximum atomic E-state index is 10.4. The lowest BCUT2D eigenvalue weighted by atomic mass is 9.92. The minimum Gasteiger partial charge on any atom is -0.389 e. The number of rotatable bonds is 3. The zero-order valence-corrected chi connectivity index (χ0v) is 9.20. The SMILES string of the molecule is CC(C)N1CCCC(O)(CC=O)CC1. The van der Waals surface area contributed by atoms with Crippen molar-refractivity contribution in [3.63, 3.8) is 0 Å². The molecule has 14 heavy (non-hydrogen) atoms. The first-order valence-electron chi connectivity index (χ1n) is 5.47. The van der Waals surface area contributed by atoms with Crippen LogP contribution in [0, 0.1) is 0 Å². The van der Waals surface area contributed by atoms with Gasteiger partial charge in [0.05, 0.1) is 5.60 Å². The summed E-state index contributed by atoms with van der Waals surface area (Å²) in [5.41, 5.74) is -0.731. The molecule has 0 bridgehead atoms. The second-order valence-electron chi connectivity index (χ2n) is 4.58. The van der Waals surface area contributed by atoms with Crippen molar-refractivity contribution in [1.29, 1.82) is 0 Å². The summed E-state index contributed by atoms with van der Waals surface area (Å²) >= 11 is 0. The highest BCUT2D eigenvalue weighted by molar-refractivity contribution is 5.51. The molecule has 1 aliphatic heterocycles. The molecule has 1 aliphatic rings. The Morgan fingerprint density at radius 3 is 2.71 bits per heavy atom. The molecule has 1 unspecified atom stereocenters. The third-order valence-electron chi connectivity index (χ3n) is 3.15. The van der Waals surface area contributed by atoms with E-state index >= 15 is 0 Å². The van der Waals surface area contributed by atoms with Crippen LogP contribution in [0.3, 0.4) is 0 Å². The maximum absolute atomic E-state index is 10.4. The molecule has 1 heterocycles. The first-order chi connectivity index (χ1) is 6.57. The van der Waals surface area contributed by atoms with E-state index in [0.717, 1.165) is 38.6 Å². The molecule has 0 aliphatic carbocycles. The first kappa shape index (κ1) is 11.7. The molecular weight excluding hydrogens is 178 g/mol. The molecule has 0 aromatic heterocycles. The van der Waals surface area contributed by atoms with Gasteiger partial charge in [-0.1, -0.05) is 0 Å². The van der Waals surface area contributed by atoms with Crippen LogP contribution in [-0.4, -0.2) is 41.0 Å². The van der Waals surface area contributed by atoms with Crippen molar-refractivity contribution < 1.29 is 9.90 Å². The first-order valence-corrected chi connectivity index (χ1v) is 5.47. The number of likely N-dealkylation sites (tertiary alicyclic amines) is 1. The average Bonchev–Trinajstić information content (AvgIpc) is 2.28. The molecule has 82 valence electrons. The maximum Gasteiger partial charge on any atom is 0.122 e. The van der Waals surface area contributed by atoms with Gasteiger partial charge in [-0.25, -0.2) is 0 Å². The van der Waals surface area contributed by atoms with Gasteiger partial charge in [0.2, 0.25) is 0 Å². The van der Waals surface area contributed by atoms with Crippen molar-refractivity contribution in [1.82, 2.24) is 4.90 Å². The number of aldehydes is 1. The lowest BCUT2D eigenvalue weighted by Crippen LogP contribution is -2.34. The Bertz CT molecular complexity index is 194. The van der Waals surface area contributed by atoms with Gasteiger partial charge in [0.25, 0.3) is 0 Å². The van der Waals surface area contributed by atoms with E-state index in [-0.39, 0.29) is 0 Å². The molecule has 0 aromatic carbocycles. The Morgan fingerprint density at radius 2 is 2.14 bits per heavy atom. The lowest BCUT2D eigenvalue weighted by Gasteiger charge is -2.26. The van der Waals surface area contributed by atoms with E-state index in [1.165, 1.54) is 0 Å². The molecule has 1 N–H and O–H groups in total. The molecule has 0 radical (unpaired) electrons. The predicted molar refractivity (Wildman–Crippen MR) is 56.2 cm³/mol. The van der Waals surface area contributed by atoms with Crippen molar-refractivity contribution in [2.75, 3.05) is 13.1 Å². The minimum absolute atomic E-state index is 0.291. The Kier molecular flexibility index (Phi) is 4.08. The topological polar surface area (TPSA) is 40.5 Å². The molecule has 1 fully saturated rings. The molecule has 3 nitrogen and oxygen atoms in total. The molecule has 1 rings (SSSR count). The smallest absolute Gasteiger partial charge is 0.122 e. The molecular formula is C11H21NO2. The Balaban J connectivity index is 2.51. The summed E-state index contributed by atoms with van der Waals surface area (Å²) in [5, 5.41) is 10.1. The molecule has 1 saturated heterocycles. The average molecular weight is 199 g/mol. The normalized spacial score (nSPS) is 30.3. The summed E-state index contributed by atoms with van der Waals surface area (Å²) in [4.78, 5) is 12.8. The summed E-state index contributed by atoms with van der Waals surface area (Å²) in [5.74, 6) is 0. The van der Waals surface area contributed by atoms with Crippen LogP contribution in [0.4, 0.5) is 0 Å². The van der Waals surface area contributed by atoms with Gasteiger partial charge in [0.1, 0.15) is 6.29 Å². The summed E-state index contributed by atoms with van der Waals surface area (Å²) in [7, 11) is 0. The van der Waals surface area contributed by atoms with Crippen LogP contribution in [0.2, 0.25) is 0 Å². The number of aliphatic hydroxyl groups is 1. The van der Waals surface area contributed by atoms with E-state index in [0.29, 0.717) is 12.5 Å². The fourth-order valence-electron chi connectivity index (χ4n) is 2.08. The van der Waals surface area contributed by atoms with Crippen LogP contribution in [-0.2, 0) is 4.79 Å². The summed E-state index contributed by atoms with van der Waals surface area (Å²) in [6.07, 6.45) is 3.60. The van der Waals surface area contributed by atoms with E-state index < -0.39 is 5.60 Å². The Morgan fingerprint density at radius 1 is 1.43 bits per heavy atom. The van der Waals surface area contributed by atoms with Crippen LogP contribution in [0.1, 0.15) is 39.5 Å². The highest BCUT2D eigenvalue weighted by Crippen LogP contribution is 2.25. The van der Waals surface area contributed by atoms with Crippen LogP contribution in [0.25, 0.3) is 0 Å². The van der Waals surface area contributed by atoms with Gasteiger partial charge in [-0.05, 0) is 39.7 Å². The van der Waals surface area contributed by atoms with Gasteiger partial charge in [-0.2, -0.15) is 0 Å². The number of hydrogen-bond donors (Lipinski definition) is 1. The van der Waals surface area contributed by atoms with Gasteiger partial charge < -0.3 is 14.8 Å². The van der Waals surface area contributed by atoms with E-state index in [1.807, 2.05) is 0 Å². The van der Waals surface area contributed by atoms with E-state index in [9.17, 15) is 9.90 Å². The number of hydrogen-bond acceptors (Lipinski definition) is 3. The Hall–Kier alpha value is -0.410. The molecule has 0 spiro atoms. The van der Waals surface area contributed by atoms with Gasteiger partial charge in [0.15, 0.2) is 0 Å². The van der Waals surface area contributed by atoms with Crippen molar-refractivity contribution >= 4 is 6.29 Å². The molecule has 0 aromatic rings. The molecule has 3 heteroatoms. The van der Waals surface area contributed by atoms with Crippen molar-refractivity contribution in [3.8, 4) is 0 Å². The van der Waals surface area contributed by atoms with Gasteiger partial charge >= 0.3 is 0 Å². The number of nitrogens with zero attached hydrogens (tertiary/aromatic N) is 1. The summed E-state index contributed by atoms with van der Waals surface area (Å²) < 4.78 is 0. The largest absolute Gasteiger partial charge is 0.389 e. The van der Waals surface area contributed by atoms with Crippen molar-refractivity contribution in [3.05, 3.63) is 0 Å². The highest BCUT2D eigenvalue weighted by Gasteiger charge is 2.30. The minimum atomic E-state index is -0.731. The molecule has 0 saturated carbocycles. The van der Waals surface area contributed by atoms with E-state index in [1.54, 1.807) is 0 Å². The summed E-state index contributed by atoms with van der Waals surface area (Å²) in [6.45, 7) is 6.29. The van der Waals surface area contributed by atoms with Gasteiger partial charge in [-0.15, -0.1) is 0 Å². The van der Waals surface area contributed by atoms with Crippen molar-refractivity contribution in [2.45, 2.75) is 51.2 Å². The quantitative estimate of drug-likeness (QED) is 0.694. The molecule has 1 atom stereocenters. The fourth-order valence-corrected chi connectivity index (χ4v) is 2.08. The highest BCUT2D eigenvalue weighted by atomic mass is 16.3. The third-order valence-corrected chi connectivity index (χ3v) is 3.15. The predicted octanol–water partition coefficient (Wildman–Crippen LogP) is 1.20. The standard InChI is InChI=1S/C11H21NO2/c1-10(2)12-7-3-4-11(14,5-8-12)6-9-13/h9-10,14H,3-8H2,1-2H3. The van der Waals surface area contributed by atoms with Crippen LogP contribution < -0.4 is 0 Å². The van der Waals surface area contributed by atoms with Gasteiger partial charge in [0, 0.05) is 19.0 Å². The Labute approximate surface area is 86.1 Å². The number of carbonyl (C=O) groups excluding carboxylic acids is 1. The number of carbonyl (C=O) groups is 1. The van der Waals surface area contributed by atoms with E-state index in [2.05, 4.69) is 18.7 Å². The van der Waals surface area contributed by atoms with Crippen LogP contribution >= 0.6 is 0 Å². The zero-order chi connectivity index (χ0) is 10.6.